The molecule has 31 heavy (non-hydrogen) atoms. The van der Waals surface area contributed by atoms with Crippen molar-refractivity contribution in [2.75, 3.05) is 13.1 Å². The van der Waals surface area contributed by atoms with Crippen LogP contribution in [0.15, 0.2) is 36.5 Å². The zero-order chi connectivity index (χ0) is 21.5. The van der Waals surface area contributed by atoms with E-state index in [1.807, 2.05) is 4.90 Å². The van der Waals surface area contributed by atoms with Crippen molar-refractivity contribution in [2.45, 2.75) is 32.6 Å². The molecule has 3 heterocycles. The molecule has 0 spiro atoms. The normalized spacial score (nSPS) is 19.9. The van der Waals surface area contributed by atoms with E-state index in [4.69, 9.17) is 16.6 Å². The van der Waals surface area contributed by atoms with Gasteiger partial charge in [0.2, 0.25) is 0 Å². The van der Waals surface area contributed by atoms with Crippen LogP contribution >= 0.6 is 11.6 Å². The van der Waals surface area contributed by atoms with E-state index < -0.39 is 0 Å². The van der Waals surface area contributed by atoms with Gasteiger partial charge in [0.1, 0.15) is 10.9 Å². The number of fused-ring (bicyclic) bond motifs is 1. The minimum atomic E-state index is -0.0399. The topological polar surface area (TPSA) is 63.2 Å². The Morgan fingerprint density at radius 1 is 1.26 bits per heavy atom. The van der Waals surface area contributed by atoms with Crippen molar-refractivity contribution >= 4 is 34.9 Å². The van der Waals surface area contributed by atoms with E-state index in [0.717, 1.165) is 41.8 Å². The van der Waals surface area contributed by atoms with E-state index >= 15 is 0 Å². The number of allylic oxidation sites excluding steroid dienone is 1. The van der Waals surface area contributed by atoms with E-state index in [0.29, 0.717) is 36.0 Å². The lowest BCUT2D eigenvalue weighted by atomic mass is 9.87. The van der Waals surface area contributed by atoms with Gasteiger partial charge in [0.15, 0.2) is 0 Å². The van der Waals surface area contributed by atoms with Crippen LogP contribution in [0, 0.1) is 11.8 Å². The number of amides is 1. The average molecular weight is 434 g/mol. The number of rotatable bonds is 5. The highest BCUT2D eigenvalue weighted by atomic mass is 35.5. The lowest BCUT2D eigenvalue weighted by Crippen LogP contribution is -2.38. The molecule has 1 amide bonds. The van der Waals surface area contributed by atoms with Gasteiger partial charge in [-0.05, 0) is 48.1 Å². The fourth-order valence-corrected chi connectivity index (χ4v) is 4.60. The van der Waals surface area contributed by atoms with Crippen molar-refractivity contribution in [3.63, 3.8) is 0 Å². The van der Waals surface area contributed by atoms with Gasteiger partial charge in [0, 0.05) is 49.3 Å². The molecule has 6 heteroatoms. The molecule has 0 bridgehead atoms. The Balaban J connectivity index is 1.41. The molecular formula is C25H24ClN3O2. The van der Waals surface area contributed by atoms with Gasteiger partial charge < -0.3 is 4.90 Å². The Labute approximate surface area is 186 Å². The summed E-state index contributed by atoms with van der Waals surface area (Å²) >= 11 is 5.85. The molecule has 1 atom stereocenters. The van der Waals surface area contributed by atoms with Crippen LogP contribution in [0.25, 0.3) is 11.6 Å². The Morgan fingerprint density at radius 2 is 2.10 bits per heavy atom. The number of ketones is 1. The molecule has 2 aromatic rings. The fourth-order valence-electron chi connectivity index (χ4n) is 4.49. The molecule has 158 valence electrons. The van der Waals surface area contributed by atoms with E-state index in [2.05, 4.69) is 36.2 Å². The van der Waals surface area contributed by atoms with Gasteiger partial charge in [-0.15, -0.1) is 0 Å². The van der Waals surface area contributed by atoms with Gasteiger partial charge in [0.25, 0.3) is 5.91 Å². The highest BCUT2D eigenvalue weighted by Crippen LogP contribution is 2.36. The van der Waals surface area contributed by atoms with Gasteiger partial charge in [-0.3, -0.25) is 14.6 Å². The predicted molar refractivity (Wildman–Crippen MR) is 121 cm³/mol. The number of pyridine rings is 2. The minimum Gasteiger partial charge on any atom is -0.334 e. The first-order valence-corrected chi connectivity index (χ1v) is 11.2. The molecule has 2 aromatic heterocycles. The van der Waals surface area contributed by atoms with Crippen molar-refractivity contribution in [3.05, 3.63) is 69.8 Å². The number of hydrogen-bond acceptors (Lipinski definition) is 4. The summed E-state index contributed by atoms with van der Waals surface area (Å²) in [7, 11) is 0. The molecule has 0 aromatic carbocycles. The third-order valence-electron chi connectivity index (χ3n) is 6.30. The second kappa shape index (κ2) is 8.04. The van der Waals surface area contributed by atoms with Gasteiger partial charge in [-0.2, -0.15) is 0 Å². The molecule has 1 fully saturated rings. The molecule has 1 aliphatic heterocycles. The number of halogens is 1. The quantitative estimate of drug-likeness (QED) is 0.656. The summed E-state index contributed by atoms with van der Waals surface area (Å²) in [4.78, 5) is 35.9. The van der Waals surface area contributed by atoms with Crippen LogP contribution in [0.5, 0.6) is 0 Å². The standard InChI is InChI=1S/C25H24ClN3O2/c1-15-14-29(25(31)17-7-8-24(26)27-13-17)10-9-19(15)21-11-18(12-23(30)16-5-6-16)28-22-4-2-3-20(21)22/h2-3,7-9,11,13,15-16H,4-6,10,12,14H2,1H3. The third-order valence-corrected chi connectivity index (χ3v) is 6.53. The fraction of sp³-hybridized carbons (Fsp3) is 0.360. The maximum absolute atomic E-state index is 12.9. The van der Waals surface area contributed by atoms with Crippen molar-refractivity contribution in [2.24, 2.45) is 11.8 Å². The summed E-state index contributed by atoms with van der Waals surface area (Å²) in [6.07, 6.45) is 11.2. The Kier molecular flexibility index (Phi) is 5.22. The predicted octanol–water partition coefficient (Wildman–Crippen LogP) is 4.40. The molecule has 0 radical (unpaired) electrons. The van der Waals surface area contributed by atoms with Crippen LogP contribution in [0.3, 0.4) is 0 Å². The minimum absolute atomic E-state index is 0.0399. The highest BCUT2D eigenvalue weighted by molar-refractivity contribution is 6.29. The summed E-state index contributed by atoms with van der Waals surface area (Å²) in [5, 5.41) is 0.376. The molecule has 2 aliphatic carbocycles. The average Bonchev–Trinajstić information content (AvgIpc) is 3.51. The van der Waals surface area contributed by atoms with Gasteiger partial charge in [-0.25, -0.2) is 4.98 Å². The van der Waals surface area contributed by atoms with Crippen LogP contribution < -0.4 is 0 Å². The second-order valence-corrected chi connectivity index (χ2v) is 9.07. The molecule has 3 aliphatic rings. The maximum atomic E-state index is 12.9. The lowest BCUT2D eigenvalue weighted by molar-refractivity contribution is -0.119. The maximum Gasteiger partial charge on any atom is 0.255 e. The Hall–Kier alpha value is -2.79. The van der Waals surface area contributed by atoms with Gasteiger partial charge in [0.05, 0.1) is 11.3 Å². The molecule has 0 N–H and O–H groups in total. The van der Waals surface area contributed by atoms with Crippen LogP contribution in [-0.4, -0.2) is 39.6 Å². The van der Waals surface area contributed by atoms with Crippen molar-refractivity contribution in [3.8, 4) is 0 Å². The van der Waals surface area contributed by atoms with Crippen molar-refractivity contribution in [1.82, 2.24) is 14.9 Å². The van der Waals surface area contributed by atoms with E-state index in [9.17, 15) is 9.59 Å². The molecule has 5 rings (SSSR count). The summed E-state index contributed by atoms with van der Waals surface area (Å²) in [5.74, 6) is 0.682. The van der Waals surface area contributed by atoms with Crippen molar-refractivity contribution in [1.29, 1.82) is 0 Å². The molecule has 1 saturated carbocycles. The van der Waals surface area contributed by atoms with Crippen LogP contribution in [0.1, 0.15) is 52.6 Å². The second-order valence-electron chi connectivity index (χ2n) is 8.69. The number of aromatic nitrogens is 2. The van der Waals surface area contributed by atoms with Gasteiger partial charge >= 0.3 is 0 Å². The third kappa shape index (κ3) is 4.07. The smallest absolute Gasteiger partial charge is 0.255 e. The van der Waals surface area contributed by atoms with Crippen molar-refractivity contribution < 1.29 is 9.59 Å². The van der Waals surface area contributed by atoms with Crippen LogP contribution in [-0.2, 0) is 17.6 Å². The summed E-state index contributed by atoms with van der Waals surface area (Å²) < 4.78 is 0. The first-order chi connectivity index (χ1) is 15.0. The largest absolute Gasteiger partial charge is 0.334 e. The highest BCUT2D eigenvalue weighted by Gasteiger charge is 2.31. The zero-order valence-corrected chi connectivity index (χ0v) is 18.2. The summed E-state index contributed by atoms with van der Waals surface area (Å²) in [5.41, 5.74) is 6.00. The number of carbonyl (C=O) groups excluding carboxylic acids is 2. The lowest BCUT2D eigenvalue weighted by Gasteiger charge is -2.32. The summed E-state index contributed by atoms with van der Waals surface area (Å²) in [6, 6.07) is 5.45. The summed E-state index contributed by atoms with van der Waals surface area (Å²) in [6.45, 7) is 3.31. The SMILES string of the molecule is CC1CN(C(=O)c2ccc(Cl)nc2)CC=C1c1cc(CC(=O)C2CC2)nc2c1C=CC2. The van der Waals surface area contributed by atoms with Crippen LogP contribution in [0.4, 0.5) is 0 Å². The Bertz CT molecular complexity index is 1120. The zero-order valence-electron chi connectivity index (χ0n) is 17.5. The van der Waals surface area contributed by atoms with E-state index in [1.165, 1.54) is 11.8 Å². The van der Waals surface area contributed by atoms with Crippen LogP contribution in [0.2, 0.25) is 5.15 Å². The molecule has 5 nitrogen and oxygen atoms in total. The molecule has 0 saturated heterocycles. The first-order valence-electron chi connectivity index (χ1n) is 10.8. The monoisotopic (exact) mass is 433 g/mol. The Morgan fingerprint density at radius 3 is 2.81 bits per heavy atom. The number of nitrogens with zero attached hydrogens (tertiary/aromatic N) is 3. The molecular weight excluding hydrogens is 410 g/mol. The number of hydrogen-bond donors (Lipinski definition) is 0. The van der Waals surface area contributed by atoms with E-state index in [-0.39, 0.29) is 17.7 Å². The number of Topliss-reactive ketones (excluding diaryl/α,β-unsaturated/α-hetero) is 1. The number of carbonyl (C=O) groups is 2. The molecule has 1 unspecified atom stereocenters. The first kappa shape index (κ1) is 20.1. The van der Waals surface area contributed by atoms with E-state index in [1.54, 1.807) is 12.1 Å². The van der Waals surface area contributed by atoms with Gasteiger partial charge in [-0.1, -0.05) is 36.8 Å².